The Kier molecular flexibility index (Phi) is 12.9. The van der Waals surface area contributed by atoms with Crippen molar-refractivity contribution >= 4 is 5.97 Å². The third-order valence-electron chi connectivity index (χ3n) is 14.0. The number of hydrogen-bond donors (Lipinski definition) is 5. The number of carbonyl (C=O) groups is 1. The van der Waals surface area contributed by atoms with Gasteiger partial charge in [-0.3, -0.25) is 0 Å². The Labute approximate surface area is 337 Å². The number of aliphatic hydroxyl groups is 4. The molecule has 6 fully saturated rings. The monoisotopic (exact) mass is 804 g/mol. The highest BCUT2D eigenvalue weighted by atomic mass is 16.7. The van der Waals surface area contributed by atoms with Crippen LogP contribution in [0, 0.1) is 17.8 Å². The van der Waals surface area contributed by atoms with E-state index in [1.807, 2.05) is 19.9 Å². The maximum Gasteiger partial charge on any atom is 0.335 e. The van der Waals surface area contributed by atoms with E-state index < -0.39 is 71.7 Å². The van der Waals surface area contributed by atoms with Crippen LogP contribution in [-0.4, -0.2) is 122 Å². The number of hydrogen-bond acceptors (Lipinski definition) is 12. The molecule has 5 N–H and O–H groups in total. The van der Waals surface area contributed by atoms with Crippen LogP contribution in [0.3, 0.4) is 0 Å². The number of aliphatic hydroxyl groups excluding tert-OH is 3. The fourth-order valence-electron chi connectivity index (χ4n) is 10.5. The van der Waals surface area contributed by atoms with Gasteiger partial charge in [0.05, 0.1) is 43.2 Å². The molecule has 0 aliphatic carbocycles. The van der Waals surface area contributed by atoms with Crippen molar-refractivity contribution in [2.45, 2.75) is 209 Å². The van der Waals surface area contributed by atoms with Crippen LogP contribution in [0.1, 0.15) is 125 Å². The summed E-state index contributed by atoms with van der Waals surface area (Å²) >= 11 is 0. The summed E-state index contributed by atoms with van der Waals surface area (Å²) in [6, 6.07) is 0. The van der Waals surface area contributed by atoms with Crippen molar-refractivity contribution < 1.29 is 63.5 Å². The van der Waals surface area contributed by atoms with E-state index in [2.05, 4.69) is 26.5 Å². The summed E-state index contributed by atoms with van der Waals surface area (Å²) in [6.07, 6.45) is 9.37. The molecule has 17 atom stereocenters. The minimum atomic E-state index is -1.96. The number of ether oxygens (including phenoxy) is 7. The molecule has 0 bridgehead atoms. The minimum absolute atomic E-state index is 0.0423. The van der Waals surface area contributed by atoms with Crippen LogP contribution in [0.5, 0.6) is 0 Å². The summed E-state index contributed by atoms with van der Waals surface area (Å²) in [5.41, 5.74) is -0.551. The lowest BCUT2D eigenvalue weighted by Gasteiger charge is -2.50. The molecule has 0 aromatic carbocycles. The molecule has 13 nitrogen and oxygen atoms in total. The van der Waals surface area contributed by atoms with Gasteiger partial charge in [0, 0.05) is 38.0 Å². The molecular formula is C44H68O13. The lowest BCUT2D eigenvalue weighted by molar-refractivity contribution is -0.321. The molecule has 13 heteroatoms. The molecule has 7 heterocycles. The molecule has 7 aliphatic rings. The number of rotatable bonds is 10. The number of carboxylic acid groups (broad SMARTS) is 1. The SMILES string of the molecule is C=C1[C@@H](O)[C@@H]2O[C@]3(CC[C@H](/C=C/[C@@H](C)[C@@H]4CC(C)=C[C@@]5(O[C@H](C[C@@](C)(O)C(=O)O)CC[C@H]5O)O4)O3)CC[C@H]2O[C@@H]1[C@@H](O)C[C@H](C)[C@H]1O[C@]2(CCCCO2)CC[C@H]1C. The smallest absolute Gasteiger partial charge is 0.335 e. The van der Waals surface area contributed by atoms with Crippen LogP contribution in [0.4, 0.5) is 0 Å². The van der Waals surface area contributed by atoms with E-state index in [1.54, 1.807) is 6.08 Å². The first kappa shape index (κ1) is 43.3. The molecule has 0 aromatic heterocycles. The first-order valence-corrected chi connectivity index (χ1v) is 21.7. The molecule has 3 spiro atoms. The van der Waals surface area contributed by atoms with Crippen molar-refractivity contribution in [2.75, 3.05) is 6.61 Å². The van der Waals surface area contributed by atoms with Crippen LogP contribution < -0.4 is 0 Å². The van der Waals surface area contributed by atoms with Crippen molar-refractivity contribution in [3.05, 3.63) is 36.0 Å². The second-order valence-corrected chi connectivity index (χ2v) is 18.9. The van der Waals surface area contributed by atoms with E-state index in [0.717, 1.165) is 50.7 Å². The van der Waals surface area contributed by atoms with E-state index in [9.17, 15) is 30.3 Å². The van der Waals surface area contributed by atoms with Gasteiger partial charge in [-0.05, 0) is 95.1 Å². The molecule has 7 aliphatic heterocycles. The summed E-state index contributed by atoms with van der Waals surface area (Å²) in [4.78, 5) is 11.6. The van der Waals surface area contributed by atoms with Gasteiger partial charge in [0.2, 0.25) is 5.79 Å². The van der Waals surface area contributed by atoms with Crippen molar-refractivity contribution in [3.8, 4) is 0 Å². The lowest BCUT2D eigenvalue weighted by Crippen LogP contribution is -2.60. The lowest BCUT2D eigenvalue weighted by atomic mass is 9.79. The molecule has 6 saturated heterocycles. The molecule has 0 aromatic rings. The largest absolute Gasteiger partial charge is 0.479 e. The molecule has 7 rings (SSSR count). The van der Waals surface area contributed by atoms with Crippen LogP contribution >= 0.6 is 0 Å². The molecule has 0 unspecified atom stereocenters. The number of carboxylic acids is 1. The quantitative estimate of drug-likeness (QED) is 0.182. The summed E-state index contributed by atoms with van der Waals surface area (Å²) in [5, 5.41) is 54.0. The van der Waals surface area contributed by atoms with E-state index in [1.165, 1.54) is 6.92 Å². The Bertz CT molecular complexity index is 1510. The van der Waals surface area contributed by atoms with Crippen molar-refractivity contribution in [1.82, 2.24) is 0 Å². The molecular weight excluding hydrogens is 736 g/mol. The van der Waals surface area contributed by atoms with Gasteiger partial charge in [0.1, 0.15) is 24.4 Å². The summed E-state index contributed by atoms with van der Waals surface area (Å²) < 4.78 is 45.2. The van der Waals surface area contributed by atoms with E-state index in [4.69, 9.17) is 33.2 Å². The highest BCUT2D eigenvalue weighted by molar-refractivity contribution is 5.76. The van der Waals surface area contributed by atoms with Crippen LogP contribution in [-0.2, 0) is 38.0 Å². The summed E-state index contributed by atoms with van der Waals surface area (Å²) in [7, 11) is 0. The summed E-state index contributed by atoms with van der Waals surface area (Å²) in [5.74, 6) is -3.82. The zero-order valence-corrected chi connectivity index (χ0v) is 34.6. The van der Waals surface area contributed by atoms with Gasteiger partial charge >= 0.3 is 5.97 Å². The van der Waals surface area contributed by atoms with Crippen molar-refractivity contribution in [3.63, 3.8) is 0 Å². The minimum Gasteiger partial charge on any atom is -0.479 e. The van der Waals surface area contributed by atoms with Crippen LogP contribution in [0.25, 0.3) is 0 Å². The van der Waals surface area contributed by atoms with E-state index in [0.29, 0.717) is 56.4 Å². The van der Waals surface area contributed by atoms with Gasteiger partial charge in [0.15, 0.2) is 17.2 Å². The van der Waals surface area contributed by atoms with E-state index >= 15 is 0 Å². The molecule has 0 radical (unpaired) electrons. The maximum atomic E-state index is 11.6. The first-order valence-electron chi connectivity index (χ1n) is 21.7. The fourth-order valence-corrected chi connectivity index (χ4v) is 10.5. The molecule has 57 heavy (non-hydrogen) atoms. The molecule has 0 saturated carbocycles. The average molecular weight is 805 g/mol. The summed E-state index contributed by atoms with van der Waals surface area (Å²) in [6.45, 7) is 14.5. The van der Waals surface area contributed by atoms with Gasteiger partial charge in [0.25, 0.3) is 0 Å². The fraction of sp³-hybridized carbons (Fsp3) is 0.841. The molecule has 0 amide bonds. The highest BCUT2D eigenvalue weighted by Crippen LogP contribution is 2.47. The van der Waals surface area contributed by atoms with E-state index in [-0.39, 0.29) is 36.6 Å². The average Bonchev–Trinajstić information content (AvgIpc) is 3.56. The Morgan fingerprint density at radius 3 is 2.49 bits per heavy atom. The van der Waals surface area contributed by atoms with Gasteiger partial charge < -0.3 is 58.7 Å². The third kappa shape index (κ3) is 9.15. The Morgan fingerprint density at radius 2 is 1.75 bits per heavy atom. The second kappa shape index (κ2) is 17.0. The van der Waals surface area contributed by atoms with Crippen LogP contribution in [0.2, 0.25) is 0 Å². The van der Waals surface area contributed by atoms with Gasteiger partial charge in [-0.25, -0.2) is 4.79 Å². The second-order valence-electron chi connectivity index (χ2n) is 18.9. The highest BCUT2D eigenvalue weighted by Gasteiger charge is 2.55. The predicted molar refractivity (Wildman–Crippen MR) is 208 cm³/mol. The normalized spacial score (nSPS) is 45.4. The topological polar surface area (TPSA) is 183 Å². The Balaban J connectivity index is 0.920. The third-order valence-corrected chi connectivity index (χ3v) is 14.0. The number of aliphatic carboxylic acids is 1. The van der Waals surface area contributed by atoms with Gasteiger partial charge in [-0.2, -0.15) is 0 Å². The first-order chi connectivity index (χ1) is 26.9. The van der Waals surface area contributed by atoms with Gasteiger partial charge in [-0.15, -0.1) is 0 Å². The Morgan fingerprint density at radius 1 is 1.00 bits per heavy atom. The Hall–Kier alpha value is -1.75. The zero-order chi connectivity index (χ0) is 40.9. The standard InChI is InChI=1S/C44H68O13/c1-25-21-34(55-44(23-25)35(46)12-11-31(54-44)24-41(6,50)40(48)49)26(2)9-10-30-14-18-43(53-30)19-15-33-39(57-43)36(47)29(5)38(52-33)32(45)22-28(4)37-27(3)13-17-42(56-37)16-7-8-20-51-42/h9-10,23,26-28,30-39,45-47,50H,5,7-8,11-22,24H2,1-4,6H3,(H,48,49)/b10-9+/t26-,27-,28+,30+,31+,32+,33-,34+,35-,36-,37+,38+,39-,41-,42-,43-,44-/m1/s1. The zero-order valence-electron chi connectivity index (χ0n) is 34.6. The van der Waals surface area contributed by atoms with Gasteiger partial charge in [-0.1, -0.05) is 45.1 Å². The maximum absolute atomic E-state index is 11.6. The molecule has 322 valence electrons. The number of fused-ring (bicyclic) bond motifs is 1. The van der Waals surface area contributed by atoms with Crippen molar-refractivity contribution in [2.24, 2.45) is 17.8 Å². The van der Waals surface area contributed by atoms with Crippen LogP contribution in [0.15, 0.2) is 36.0 Å². The van der Waals surface area contributed by atoms with Crippen molar-refractivity contribution in [1.29, 1.82) is 0 Å². The predicted octanol–water partition coefficient (Wildman–Crippen LogP) is 5.21.